The van der Waals surface area contributed by atoms with Gasteiger partial charge in [-0.1, -0.05) is 54.6 Å². The molecule has 0 aromatic heterocycles. The summed E-state index contributed by atoms with van der Waals surface area (Å²) in [6.45, 7) is 3.68. The zero-order valence-electron chi connectivity index (χ0n) is 15.0. The topological polar surface area (TPSA) is 28.1 Å². The predicted octanol–water partition coefficient (Wildman–Crippen LogP) is 4.00. The van der Waals surface area contributed by atoms with Crippen LogP contribution in [-0.2, 0) is 0 Å². The molecule has 0 unspecified atom stereocenters. The van der Waals surface area contributed by atoms with Crippen molar-refractivity contribution in [1.82, 2.24) is 5.01 Å². The van der Waals surface area contributed by atoms with Crippen LogP contribution in [0.5, 0.6) is 5.75 Å². The summed E-state index contributed by atoms with van der Waals surface area (Å²) in [4.78, 5) is 2.36. The van der Waals surface area contributed by atoms with Gasteiger partial charge in [0, 0.05) is 18.7 Å². The van der Waals surface area contributed by atoms with Crippen molar-refractivity contribution in [3.63, 3.8) is 0 Å². The van der Waals surface area contributed by atoms with Gasteiger partial charge in [-0.05, 0) is 22.9 Å². The molecular formula is C22H23N3O. The van der Waals surface area contributed by atoms with Crippen molar-refractivity contribution in [1.29, 1.82) is 0 Å². The Morgan fingerprint density at radius 2 is 1.58 bits per heavy atom. The number of para-hydroxylation sites is 2. The lowest BCUT2D eigenvalue weighted by Crippen LogP contribution is -2.44. The number of benzene rings is 3. The Labute approximate surface area is 154 Å². The summed E-state index contributed by atoms with van der Waals surface area (Å²) in [5, 5.41) is 9.36. The first-order valence-electron chi connectivity index (χ1n) is 9.00. The molecule has 0 radical (unpaired) electrons. The first kappa shape index (κ1) is 16.5. The number of piperazine rings is 1. The van der Waals surface area contributed by atoms with Gasteiger partial charge >= 0.3 is 0 Å². The second-order valence-electron chi connectivity index (χ2n) is 6.43. The molecule has 1 heterocycles. The number of hydrogen-bond donors (Lipinski definition) is 0. The average Bonchev–Trinajstić information content (AvgIpc) is 2.72. The lowest BCUT2D eigenvalue weighted by atomic mass is 10.1. The second-order valence-corrected chi connectivity index (χ2v) is 6.43. The molecule has 1 fully saturated rings. The van der Waals surface area contributed by atoms with Crippen molar-refractivity contribution in [2.24, 2.45) is 5.10 Å². The molecule has 4 nitrogen and oxygen atoms in total. The minimum absolute atomic E-state index is 0.902. The van der Waals surface area contributed by atoms with Gasteiger partial charge in [-0.3, -0.25) is 5.01 Å². The van der Waals surface area contributed by atoms with E-state index in [2.05, 4.69) is 64.5 Å². The molecule has 4 heteroatoms. The van der Waals surface area contributed by atoms with E-state index in [1.807, 2.05) is 18.3 Å². The zero-order valence-corrected chi connectivity index (χ0v) is 15.0. The smallest absolute Gasteiger partial charge is 0.142 e. The molecule has 132 valence electrons. The number of ether oxygens (including phenoxy) is 1. The molecule has 0 bridgehead atoms. The third-order valence-corrected chi connectivity index (χ3v) is 4.87. The standard InChI is InChI=1S/C22H23N3O/c1-26-22-12-5-4-11-21(22)24-13-15-25(16-14-24)23-17-19-9-6-8-18-7-2-3-10-20(18)19/h2-12,17H,13-16H2,1H3/b23-17+. The first-order valence-corrected chi connectivity index (χ1v) is 9.00. The van der Waals surface area contributed by atoms with Crippen LogP contribution in [0.25, 0.3) is 10.8 Å². The van der Waals surface area contributed by atoms with Crippen LogP contribution < -0.4 is 9.64 Å². The molecule has 0 saturated carbocycles. The number of anilines is 1. The SMILES string of the molecule is COc1ccccc1N1CCN(/N=C/c2cccc3ccccc23)CC1. The fourth-order valence-corrected chi connectivity index (χ4v) is 3.45. The molecule has 1 saturated heterocycles. The predicted molar refractivity (Wildman–Crippen MR) is 108 cm³/mol. The summed E-state index contributed by atoms with van der Waals surface area (Å²) in [5.41, 5.74) is 2.32. The lowest BCUT2D eigenvalue weighted by molar-refractivity contribution is 0.271. The highest BCUT2D eigenvalue weighted by atomic mass is 16.5. The van der Waals surface area contributed by atoms with Crippen LogP contribution in [0.15, 0.2) is 71.8 Å². The average molecular weight is 345 g/mol. The van der Waals surface area contributed by atoms with Crippen LogP contribution in [0.1, 0.15) is 5.56 Å². The van der Waals surface area contributed by atoms with Crippen LogP contribution >= 0.6 is 0 Å². The second kappa shape index (κ2) is 7.48. The quantitative estimate of drug-likeness (QED) is 0.669. The largest absolute Gasteiger partial charge is 0.495 e. The van der Waals surface area contributed by atoms with Crippen molar-refractivity contribution in [2.75, 3.05) is 38.2 Å². The van der Waals surface area contributed by atoms with Gasteiger partial charge in [0.2, 0.25) is 0 Å². The normalized spacial score (nSPS) is 15.0. The molecule has 1 aliphatic rings. The van der Waals surface area contributed by atoms with E-state index >= 15 is 0 Å². The number of hydrogen-bond acceptors (Lipinski definition) is 4. The summed E-state index contributed by atoms with van der Waals surface area (Å²) in [6.07, 6.45) is 1.99. The Hall–Kier alpha value is -3.01. The molecule has 26 heavy (non-hydrogen) atoms. The molecule has 0 amide bonds. The van der Waals surface area contributed by atoms with Crippen LogP contribution in [0, 0.1) is 0 Å². The van der Waals surface area contributed by atoms with Gasteiger partial charge in [-0.15, -0.1) is 0 Å². The number of nitrogens with zero attached hydrogens (tertiary/aromatic N) is 3. The van der Waals surface area contributed by atoms with Crippen molar-refractivity contribution < 1.29 is 4.74 Å². The Morgan fingerprint density at radius 3 is 2.42 bits per heavy atom. The molecule has 0 N–H and O–H groups in total. The van der Waals surface area contributed by atoms with E-state index < -0.39 is 0 Å². The number of rotatable bonds is 4. The van der Waals surface area contributed by atoms with Gasteiger partial charge in [0.25, 0.3) is 0 Å². The molecular weight excluding hydrogens is 322 g/mol. The van der Waals surface area contributed by atoms with Gasteiger partial charge in [0.15, 0.2) is 0 Å². The number of fused-ring (bicyclic) bond motifs is 1. The molecule has 0 aliphatic carbocycles. The van der Waals surface area contributed by atoms with Crippen LogP contribution in [0.4, 0.5) is 5.69 Å². The highest BCUT2D eigenvalue weighted by molar-refractivity contribution is 5.99. The Bertz CT molecular complexity index is 909. The summed E-state index contributed by atoms with van der Waals surface area (Å²) in [6, 6.07) is 23.0. The minimum Gasteiger partial charge on any atom is -0.495 e. The zero-order chi connectivity index (χ0) is 17.8. The Kier molecular flexibility index (Phi) is 4.73. The van der Waals surface area contributed by atoms with Gasteiger partial charge in [0.1, 0.15) is 5.75 Å². The van der Waals surface area contributed by atoms with E-state index in [0.29, 0.717) is 0 Å². The maximum absolute atomic E-state index is 5.49. The molecule has 0 atom stereocenters. The van der Waals surface area contributed by atoms with Crippen molar-refractivity contribution in [3.05, 3.63) is 72.3 Å². The molecule has 1 aliphatic heterocycles. The summed E-state index contributed by atoms with van der Waals surface area (Å²) >= 11 is 0. The van der Waals surface area contributed by atoms with Gasteiger partial charge in [-0.25, -0.2) is 0 Å². The lowest BCUT2D eigenvalue weighted by Gasteiger charge is -2.35. The minimum atomic E-state index is 0.902. The van der Waals surface area contributed by atoms with E-state index in [1.54, 1.807) is 7.11 Å². The van der Waals surface area contributed by atoms with Crippen LogP contribution in [0.2, 0.25) is 0 Å². The van der Waals surface area contributed by atoms with Gasteiger partial charge in [-0.2, -0.15) is 5.10 Å². The number of hydrazone groups is 1. The van der Waals surface area contributed by atoms with E-state index in [1.165, 1.54) is 10.8 Å². The fraction of sp³-hybridized carbons (Fsp3) is 0.227. The summed E-state index contributed by atoms with van der Waals surface area (Å²) in [5.74, 6) is 0.931. The van der Waals surface area contributed by atoms with Crippen LogP contribution in [0.3, 0.4) is 0 Å². The van der Waals surface area contributed by atoms with Gasteiger partial charge < -0.3 is 9.64 Å². The summed E-state index contributed by atoms with van der Waals surface area (Å²) < 4.78 is 5.49. The van der Waals surface area contributed by atoms with E-state index in [-0.39, 0.29) is 0 Å². The Morgan fingerprint density at radius 1 is 0.846 bits per heavy atom. The third kappa shape index (κ3) is 3.36. The highest BCUT2D eigenvalue weighted by Crippen LogP contribution is 2.28. The fourth-order valence-electron chi connectivity index (χ4n) is 3.45. The van der Waals surface area contributed by atoms with Crippen molar-refractivity contribution >= 4 is 22.7 Å². The van der Waals surface area contributed by atoms with Crippen LogP contribution in [-0.4, -0.2) is 44.5 Å². The summed E-state index contributed by atoms with van der Waals surface area (Å²) in [7, 11) is 1.73. The third-order valence-electron chi connectivity index (χ3n) is 4.87. The Balaban J connectivity index is 1.44. The number of methoxy groups -OCH3 is 1. The monoisotopic (exact) mass is 345 g/mol. The molecule has 3 aromatic carbocycles. The highest BCUT2D eigenvalue weighted by Gasteiger charge is 2.18. The molecule has 4 rings (SSSR count). The van der Waals surface area contributed by atoms with E-state index in [0.717, 1.165) is 43.2 Å². The van der Waals surface area contributed by atoms with Gasteiger partial charge in [0.05, 0.1) is 32.1 Å². The maximum atomic E-state index is 5.49. The van der Waals surface area contributed by atoms with Crippen molar-refractivity contribution in [2.45, 2.75) is 0 Å². The van der Waals surface area contributed by atoms with E-state index in [4.69, 9.17) is 9.84 Å². The van der Waals surface area contributed by atoms with E-state index in [9.17, 15) is 0 Å². The molecule has 3 aromatic rings. The molecule has 0 spiro atoms. The first-order chi connectivity index (χ1) is 12.8. The van der Waals surface area contributed by atoms with Crippen molar-refractivity contribution in [3.8, 4) is 5.75 Å². The maximum Gasteiger partial charge on any atom is 0.142 e.